The van der Waals surface area contributed by atoms with Crippen LogP contribution in [0.1, 0.15) is 51.2 Å². The van der Waals surface area contributed by atoms with Crippen LogP contribution in [0.2, 0.25) is 0 Å². The predicted octanol–water partition coefficient (Wildman–Crippen LogP) is 4.62. The average Bonchev–Trinajstić information content (AvgIpc) is 2.28. The Morgan fingerprint density at radius 2 is 1.87 bits per heavy atom. The molecule has 0 fully saturated rings. The van der Waals surface area contributed by atoms with E-state index in [1.165, 1.54) is 24.0 Å². The number of pyridine rings is 1. The van der Waals surface area contributed by atoms with E-state index in [1.54, 1.807) is 0 Å². The summed E-state index contributed by atoms with van der Waals surface area (Å²) in [6.45, 7) is 8.56. The van der Waals surface area contributed by atoms with E-state index >= 15 is 0 Å². The molecule has 0 atom stereocenters. The fourth-order valence-corrected chi connectivity index (χ4v) is 0.916. The molecule has 0 radical (unpaired) electrons. The largest absolute Gasteiger partial charge is 0.264 e. The molecule has 84 valence electrons. The Balaban J connectivity index is 0.000000423. The van der Waals surface area contributed by atoms with Crippen LogP contribution in [-0.2, 0) is 0 Å². The molecule has 1 nitrogen and oxygen atoms in total. The molecule has 1 heterocycles. The average molecular weight is 205 g/mol. The fourth-order valence-electron chi connectivity index (χ4n) is 0.916. The third kappa shape index (κ3) is 6.89. The molecule has 0 bridgehead atoms. The number of aromatic nitrogens is 1. The predicted molar refractivity (Wildman–Crippen MR) is 68.9 cm³/mol. The van der Waals surface area contributed by atoms with E-state index < -0.39 is 0 Å². The van der Waals surface area contributed by atoms with Gasteiger partial charge in [-0.3, -0.25) is 4.98 Å². The van der Waals surface area contributed by atoms with Gasteiger partial charge in [0.25, 0.3) is 0 Å². The Bertz CT molecular complexity index is 274. The summed E-state index contributed by atoms with van der Waals surface area (Å²) in [6, 6.07) is 2.03. The standard InChI is InChI=1S/C10H13N.C4H10/c1-3-4-5-10-6-7-11-8-9(10)2;1-3-4-2/h4-8H,3H2,1-2H3;3-4H2,1-2H3/b5-4-;. The van der Waals surface area contributed by atoms with Crippen molar-refractivity contribution in [3.8, 4) is 0 Å². The Labute approximate surface area is 94.3 Å². The third-order valence-corrected chi connectivity index (χ3v) is 2.10. The highest BCUT2D eigenvalue weighted by Gasteiger charge is 1.89. The Morgan fingerprint density at radius 1 is 1.20 bits per heavy atom. The first-order valence-electron chi connectivity index (χ1n) is 5.83. The van der Waals surface area contributed by atoms with E-state index in [0.29, 0.717) is 0 Å². The Morgan fingerprint density at radius 3 is 2.33 bits per heavy atom. The minimum atomic E-state index is 1.09. The molecule has 0 amide bonds. The maximum Gasteiger partial charge on any atom is 0.0303 e. The van der Waals surface area contributed by atoms with Crippen LogP contribution in [0.3, 0.4) is 0 Å². The minimum absolute atomic E-state index is 1.09. The van der Waals surface area contributed by atoms with Crippen molar-refractivity contribution in [2.45, 2.75) is 47.0 Å². The van der Waals surface area contributed by atoms with Gasteiger partial charge in [-0.1, -0.05) is 45.8 Å². The quantitative estimate of drug-likeness (QED) is 0.701. The van der Waals surface area contributed by atoms with Gasteiger partial charge in [-0.05, 0) is 30.5 Å². The van der Waals surface area contributed by atoms with Crippen molar-refractivity contribution < 1.29 is 0 Å². The van der Waals surface area contributed by atoms with Gasteiger partial charge < -0.3 is 0 Å². The molecular weight excluding hydrogens is 182 g/mol. The molecule has 1 aromatic heterocycles. The summed E-state index contributed by atoms with van der Waals surface area (Å²) in [5.74, 6) is 0. The number of rotatable bonds is 3. The van der Waals surface area contributed by atoms with E-state index in [-0.39, 0.29) is 0 Å². The van der Waals surface area contributed by atoms with Gasteiger partial charge >= 0.3 is 0 Å². The maximum absolute atomic E-state index is 4.02. The first-order chi connectivity index (χ1) is 7.26. The molecule has 1 aromatic rings. The Hall–Kier alpha value is -1.11. The highest BCUT2D eigenvalue weighted by Crippen LogP contribution is 2.06. The summed E-state index contributed by atoms with van der Waals surface area (Å²) >= 11 is 0. The Kier molecular flexibility index (Phi) is 8.75. The number of allylic oxidation sites excluding steroid dienone is 1. The normalized spacial score (nSPS) is 9.87. The highest BCUT2D eigenvalue weighted by molar-refractivity contribution is 5.51. The number of aryl methyl sites for hydroxylation is 1. The van der Waals surface area contributed by atoms with Crippen LogP contribution in [0.5, 0.6) is 0 Å². The molecule has 1 rings (SSSR count). The van der Waals surface area contributed by atoms with E-state index in [4.69, 9.17) is 0 Å². The SMILES string of the molecule is CC/C=C\c1ccncc1C.CCCC. The second kappa shape index (κ2) is 9.45. The summed E-state index contributed by atoms with van der Waals surface area (Å²) in [5, 5.41) is 0. The summed E-state index contributed by atoms with van der Waals surface area (Å²) < 4.78 is 0. The van der Waals surface area contributed by atoms with Crippen molar-refractivity contribution in [1.29, 1.82) is 0 Å². The summed E-state index contributed by atoms with van der Waals surface area (Å²) in [7, 11) is 0. The lowest BCUT2D eigenvalue weighted by Gasteiger charge is -1.96. The van der Waals surface area contributed by atoms with Crippen LogP contribution in [0.4, 0.5) is 0 Å². The van der Waals surface area contributed by atoms with Crippen LogP contribution >= 0.6 is 0 Å². The lowest BCUT2D eigenvalue weighted by atomic mass is 10.1. The molecular formula is C14H23N. The molecule has 0 saturated heterocycles. The molecule has 0 aliphatic rings. The third-order valence-electron chi connectivity index (χ3n) is 2.10. The monoisotopic (exact) mass is 205 g/mol. The fraction of sp³-hybridized carbons (Fsp3) is 0.500. The lowest BCUT2D eigenvalue weighted by Crippen LogP contribution is -1.80. The van der Waals surface area contributed by atoms with Crippen LogP contribution in [0.15, 0.2) is 24.5 Å². The molecule has 15 heavy (non-hydrogen) atoms. The number of nitrogens with zero attached hydrogens (tertiary/aromatic N) is 1. The molecule has 0 unspecified atom stereocenters. The zero-order valence-corrected chi connectivity index (χ0v) is 10.5. The zero-order chi connectivity index (χ0) is 11.5. The second-order valence-corrected chi connectivity index (χ2v) is 3.54. The van der Waals surface area contributed by atoms with E-state index in [1.807, 2.05) is 18.5 Å². The van der Waals surface area contributed by atoms with Crippen molar-refractivity contribution in [2.75, 3.05) is 0 Å². The van der Waals surface area contributed by atoms with Gasteiger partial charge in [0.05, 0.1) is 0 Å². The molecule has 0 saturated carbocycles. The van der Waals surface area contributed by atoms with E-state index in [2.05, 4.69) is 44.8 Å². The van der Waals surface area contributed by atoms with Gasteiger partial charge in [-0.25, -0.2) is 0 Å². The van der Waals surface area contributed by atoms with Crippen molar-refractivity contribution >= 4 is 6.08 Å². The number of hydrogen-bond acceptors (Lipinski definition) is 1. The van der Waals surface area contributed by atoms with Gasteiger partial charge in [-0.2, -0.15) is 0 Å². The second-order valence-electron chi connectivity index (χ2n) is 3.54. The van der Waals surface area contributed by atoms with Crippen LogP contribution in [-0.4, -0.2) is 4.98 Å². The summed E-state index contributed by atoms with van der Waals surface area (Å²) in [6.07, 6.45) is 11.7. The molecule has 0 aromatic carbocycles. The topological polar surface area (TPSA) is 12.9 Å². The van der Waals surface area contributed by atoms with Gasteiger partial charge in [0.15, 0.2) is 0 Å². The van der Waals surface area contributed by atoms with Crippen molar-refractivity contribution in [3.63, 3.8) is 0 Å². The first-order valence-corrected chi connectivity index (χ1v) is 5.83. The van der Waals surface area contributed by atoms with Gasteiger partial charge in [0.2, 0.25) is 0 Å². The van der Waals surface area contributed by atoms with Gasteiger partial charge in [0, 0.05) is 12.4 Å². The van der Waals surface area contributed by atoms with Gasteiger partial charge in [0.1, 0.15) is 0 Å². The minimum Gasteiger partial charge on any atom is -0.264 e. The van der Waals surface area contributed by atoms with E-state index in [9.17, 15) is 0 Å². The molecule has 0 aliphatic heterocycles. The van der Waals surface area contributed by atoms with Gasteiger partial charge in [-0.15, -0.1) is 0 Å². The lowest BCUT2D eigenvalue weighted by molar-refractivity contribution is 0.886. The highest BCUT2D eigenvalue weighted by atomic mass is 14.6. The maximum atomic E-state index is 4.02. The van der Waals surface area contributed by atoms with Crippen molar-refractivity contribution in [2.24, 2.45) is 0 Å². The molecule has 0 aliphatic carbocycles. The van der Waals surface area contributed by atoms with Crippen molar-refractivity contribution in [3.05, 3.63) is 35.7 Å². The zero-order valence-electron chi connectivity index (χ0n) is 10.5. The number of unbranched alkanes of at least 4 members (excludes halogenated alkanes) is 1. The summed E-state index contributed by atoms with van der Waals surface area (Å²) in [5.41, 5.74) is 2.50. The van der Waals surface area contributed by atoms with Crippen LogP contribution in [0, 0.1) is 6.92 Å². The molecule has 1 heteroatoms. The van der Waals surface area contributed by atoms with Crippen molar-refractivity contribution in [1.82, 2.24) is 4.98 Å². The smallest absolute Gasteiger partial charge is 0.0303 e. The van der Waals surface area contributed by atoms with Crippen LogP contribution < -0.4 is 0 Å². The first kappa shape index (κ1) is 13.9. The van der Waals surface area contributed by atoms with E-state index in [0.717, 1.165) is 6.42 Å². The molecule has 0 spiro atoms. The summed E-state index contributed by atoms with van der Waals surface area (Å²) in [4.78, 5) is 4.02. The molecule has 0 N–H and O–H groups in total. The number of hydrogen-bond donors (Lipinski definition) is 0. The van der Waals surface area contributed by atoms with Crippen LogP contribution in [0.25, 0.3) is 6.08 Å².